The molecule has 1 saturated heterocycles. The van der Waals surface area contributed by atoms with Crippen molar-refractivity contribution in [1.29, 1.82) is 0 Å². The molecule has 0 saturated carbocycles. The third-order valence-electron chi connectivity index (χ3n) is 6.01. The van der Waals surface area contributed by atoms with Crippen molar-refractivity contribution in [2.24, 2.45) is 0 Å². The number of ether oxygens (including phenoxy) is 3. The number of aromatic nitrogens is 2. The number of hydrogen-bond acceptors (Lipinski definition) is 5. The molecule has 1 N–H and O–H groups in total. The highest BCUT2D eigenvalue weighted by molar-refractivity contribution is 5.67. The molecule has 170 valence electrons. The van der Waals surface area contributed by atoms with Crippen molar-refractivity contribution < 1.29 is 23.0 Å². The average Bonchev–Trinajstić information content (AvgIpc) is 3.28. The van der Waals surface area contributed by atoms with Crippen molar-refractivity contribution in [3.8, 4) is 28.4 Å². The highest BCUT2D eigenvalue weighted by Crippen LogP contribution is 2.38. The Kier molecular flexibility index (Phi) is 6.60. The average molecular weight is 443 g/mol. The SMILES string of the molecule is COc1cc(OC)c(CN2CCC[C@H](c3[nH]ncc3-c3c(F)cccc3F)C2)c(OC)c1. The molecule has 0 radical (unpaired) electrons. The van der Waals surface area contributed by atoms with Crippen LogP contribution >= 0.6 is 0 Å². The maximum atomic E-state index is 14.4. The smallest absolute Gasteiger partial charge is 0.134 e. The first-order valence-electron chi connectivity index (χ1n) is 10.5. The molecule has 1 fully saturated rings. The zero-order valence-corrected chi connectivity index (χ0v) is 18.5. The molecule has 0 unspecified atom stereocenters. The van der Waals surface area contributed by atoms with Crippen LogP contribution in [0.2, 0.25) is 0 Å². The lowest BCUT2D eigenvalue weighted by Gasteiger charge is -2.33. The van der Waals surface area contributed by atoms with Crippen LogP contribution in [0.3, 0.4) is 0 Å². The molecular weight excluding hydrogens is 416 g/mol. The van der Waals surface area contributed by atoms with Gasteiger partial charge in [-0.3, -0.25) is 10.00 Å². The quantitative estimate of drug-likeness (QED) is 0.571. The molecule has 8 heteroatoms. The standard InChI is InChI=1S/C24H27F2N3O3/c1-30-16-10-21(31-2)18(22(11-16)32-3)14-29-9-5-6-15(13-29)24-17(12-27-28-24)23-19(25)7-4-8-20(23)26/h4,7-8,10-12,15H,5-6,9,13-14H2,1-3H3,(H,27,28)/t15-/m0/s1. The number of halogens is 2. The number of rotatable bonds is 7. The van der Waals surface area contributed by atoms with Crippen molar-refractivity contribution in [1.82, 2.24) is 15.1 Å². The second kappa shape index (κ2) is 9.56. The first-order valence-corrected chi connectivity index (χ1v) is 10.5. The predicted molar refractivity (Wildman–Crippen MR) is 117 cm³/mol. The van der Waals surface area contributed by atoms with Gasteiger partial charge in [0.15, 0.2) is 0 Å². The van der Waals surface area contributed by atoms with Gasteiger partial charge in [-0.2, -0.15) is 5.10 Å². The predicted octanol–water partition coefficient (Wildman–Crippen LogP) is 4.76. The van der Waals surface area contributed by atoms with Gasteiger partial charge in [-0.25, -0.2) is 8.78 Å². The number of methoxy groups -OCH3 is 3. The molecule has 0 spiro atoms. The van der Waals surface area contributed by atoms with Crippen molar-refractivity contribution in [3.63, 3.8) is 0 Å². The van der Waals surface area contributed by atoms with Gasteiger partial charge in [-0.05, 0) is 31.5 Å². The summed E-state index contributed by atoms with van der Waals surface area (Å²) in [5.41, 5.74) is 2.13. The van der Waals surface area contributed by atoms with Crippen molar-refractivity contribution in [3.05, 3.63) is 59.4 Å². The maximum Gasteiger partial charge on any atom is 0.134 e. The van der Waals surface area contributed by atoms with Crippen LogP contribution in [0.5, 0.6) is 17.2 Å². The number of aromatic amines is 1. The number of benzene rings is 2. The van der Waals surface area contributed by atoms with Gasteiger partial charge in [0, 0.05) is 42.4 Å². The molecule has 32 heavy (non-hydrogen) atoms. The Morgan fingerprint density at radius 3 is 2.38 bits per heavy atom. The van der Waals surface area contributed by atoms with Gasteiger partial charge in [-0.15, -0.1) is 0 Å². The van der Waals surface area contributed by atoms with E-state index in [1.165, 1.54) is 24.4 Å². The van der Waals surface area contributed by atoms with Crippen LogP contribution in [0.1, 0.15) is 30.0 Å². The second-order valence-electron chi connectivity index (χ2n) is 7.88. The van der Waals surface area contributed by atoms with Crippen LogP contribution in [0, 0.1) is 11.6 Å². The Morgan fingerprint density at radius 2 is 1.75 bits per heavy atom. The Hall–Kier alpha value is -3.13. The molecule has 2 aromatic carbocycles. The molecule has 4 rings (SSSR count). The van der Waals surface area contributed by atoms with E-state index in [4.69, 9.17) is 14.2 Å². The maximum absolute atomic E-state index is 14.4. The van der Waals surface area contributed by atoms with E-state index < -0.39 is 11.6 Å². The van der Waals surface area contributed by atoms with Crippen LogP contribution in [0.4, 0.5) is 8.78 Å². The highest BCUT2D eigenvalue weighted by Gasteiger charge is 2.28. The van der Waals surface area contributed by atoms with E-state index in [0.717, 1.165) is 30.6 Å². The van der Waals surface area contributed by atoms with Gasteiger partial charge in [0.05, 0.1) is 38.7 Å². The van der Waals surface area contributed by atoms with Crippen LogP contribution in [-0.2, 0) is 6.54 Å². The number of nitrogens with zero attached hydrogens (tertiary/aromatic N) is 2. The summed E-state index contributed by atoms with van der Waals surface area (Å²) in [6.45, 7) is 2.22. The lowest BCUT2D eigenvalue weighted by molar-refractivity contribution is 0.194. The second-order valence-corrected chi connectivity index (χ2v) is 7.88. The summed E-state index contributed by atoms with van der Waals surface area (Å²) in [5, 5.41) is 7.11. The number of likely N-dealkylation sites (tertiary alicyclic amines) is 1. The molecule has 3 aromatic rings. The molecule has 0 bridgehead atoms. The van der Waals surface area contributed by atoms with E-state index in [0.29, 0.717) is 35.9 Å². The number of nitrogens with one attached hydrogen (secondary N) is 1. The molecular formula is C24H27F2N3O3. The summed E-state index contributed by atoms with van der Waals surface area (Å²) in [6.07, 6.45) is 3.35. The summed E-state index contributed by atoms with van der Waals surface area (Å²) < 4.78 is 45.4. The molecule has 1 aliphatic heterocycles. The number of piperidine rings is 1. The van der Waals surface area contributed by atoms with Gasteiger partial charge in [0.1, 0.15) is 28.9 Å². The highest BCUT2D eigenvalue weighted by atomic mass is 19.1. The molecule has 6 nitrogen and oxygen atoms in total. The van der Waals surface area contributed by atoms with Gasteiger partial charge in [0.25, 0.3) is 0 Å². The van der Waals surface area contributed by atoms with Crippen LogP contribution in [-0.4, -0.2) is 49.5 Å². The number of hydrogen-bond donors (Lipinski definition) is 1. The molecule has 0 amide bonds. The van der Waals surface area contributed by atoms with E-state index >= 15 is 0 Å². The fourth-order valence-corrected chi connectivity index (χ4v) is 4.45. The molecule has 1 aliphatic rings. The molecule has 2 heterocycles. The summed E-state index contributed by atoms with van der Waals surface area (Å²) in [7, 11) is 4.84. The summed E-state index contributed by atoms with van der Waals surface area (Å²) in [5.74, 6) is 0.933. The van der Waals surface area contributed by atoms with E-state index in [1.54, 1.807) is 21.3 Å². The van der Waals surface area contributed by atoms with Crippen molar-refractivity contribution in [2.45, 2.75) is 25.3 Å². The summed E-state index contributed by atoms with van der Waals surface area (Å²) in [6, 6.07) is 7.58. The van der Waals surface area contributed by atoms with E-state index in [2.05, 4.69) is 15.1 Å². The lowest BCUT2D eigenvalue weighted by atomic mass is 9.90. The van der Waals surface area contributed by atoms with Gasteiger partial charge in [0.2, 0.25) is 0 Å². The monoisotopic (exact) mass is 443 g/mol. The topological polar surface area (TPSA) is 59.6 Å². The van der Waals surface area contributed by atoms with Crippen LogP contribution in [0.15, 0.2) is 36.5 Å². The fraction of sp³-hybridized carbons (Fsp3) is 0.375. The minimum absolute atomic E-state index is 0.0353. The number of H-pyrrole nitrogens is 1. The first kappa shape index (κ1) is 22.1. The summed E-state index contributed by atoms with van der Waals surface area (Å²) >= 11 is 0. The minimum Gasteiger partial charge on any atom is -0.496 e. The summed E-state index contributed by atoms with van der Waals surface area (Å²) in [4.78, 5) is 2.29. The van der Waals surface area contributed by atoms with E-state index in [9.17, 15) is 8.78 Å². The fourth-order valence-electron chi connectivity index (χ4n) is 4.45. The third kappa shape index (κ3) is 4.27. The van der Waals surface area contributed by atoms with Gasteiger partial charge < -0.3 is 14.2 Å². The zero-order valence-electron chi connectivity index (χ0n) is 18.5. The first-order chi connectivity index (χ1) is 15.5. The Morgan fingerprint density at radius 1 is 1.06 bits per heavy atom. The van der Waals surface area contributed by atoms with Gasteiger partial charge in [-0.1, -0.05) is 6.07 Å². The van der Waals surface area contributed by atoms with Crippen molar-refractivity contribution >= 4 is 0 Å². The molecule has 0 aliphatic carbocycles. The van der Waals surface area contributed by atoms with Crippen molar-refractivity contribution in [2.75, 3.05) is 34.4 Å². The molecule has 1 atom stereocenters. The van der Waals surface area contributed by atoms with E-state index in [1.807, 2.05) is 12.1 Å². The Bertz CT molecular complexity index is 1040. The minimum atomic E-state index is -0.590. The normalized spacial score (nSPS) is 16.7. The zero-order chi connectivity index (χ0) is 22.7. The lowest BCUT2D eigenvalue weighted by Crippen LogP contribution is -2.34. The third-order valence-corrected chi connectivity index (χ3v) is 6.01. The van der Waals surface area contributed by atoms with Gasteiger partial charge >= 0.3 is 0 Å². The van der Waals surface area contributed by atoms with Crippen LogP contribution in [0.25, 0.3) is 11.1 Å². The van der Waals surface area contributed by atoms with Crippen LogP contribution < -0.4 is 14.2 Å². The Labute approximate surface area is 186 Å². The Balaban J connectivity index is 1.60. The van der Waals surface area contributed by atoms with E-state index in [-0.39, 0.29) is 11.5 Å². The largest absolute Gasteiger partial charge is 0.496 e. The molecule has 1 aromatic heterocycles.